The summed E-state index contributed by atoms with van der Waals surface area (Å²) < 4.78 is 12.8. The zero-order valence-corrected chi connectivity index (χ0v) is 10.3. The second-order valence-corrected chi connectivity index (χ2v) is 4.07. The molecule has 6 heteroatoms. The molecule has 0 aliphatic rings. The summed E-state index contributed by atoms with van der Waals surface area (Å²) in [6.07, 6.45) is 0. The first-order valence-corrected chi connectivity index (χ1v) is 5.90. The van der Waals surface area contributed by atoms with Gasteiger partial charge >= 0.3 is 0 Å². The maximum Gasteiger partial charge on any atom is 0.245 e. The van der Waals surface area contributed by atoms with Gasteiger partial charge in [-0.1, -0.05) is 18.2 Å². The third-order valence-corrected chi connectivity index (χ3v) is 2.71. The van der Waals surface area contributed by atoms with Gasteiger partial charge < -0.3 is 0 Å². The lowest BCUT2D eigenvalue weighted by Gasteiger charge is -1.96. The number of nitrogens with zero attached hydrogens (tertiary/aromatic N) is 4. The average Bonchev–Trinajstić information content (AvgIpc) is 2.98. The van der Waals surface area contributed by atoms with Crippen molar-refractivity contribution in [2.45, 2.75) is 0 Å². The van der Waals surface area contributed by atoms with Crippen LogP contribution in [0.25, 0.3) is 5.69 Å². The van der Waals surface area contributed by atoms with E-state index < -0.39 is 11.6 Å². The van der Waals surface area contributed by atoms with Crippen molar-refractivity contribution in [2.24, 2.45) is 0 Å². The van der Waals surface area contributed by atoms with E-state index in [9.17, 15) is 9.18 Å². The van der Waals surface area contributed by atoms with Crippen LogP contribution in [0.3, 0.4) is 0 Å². The lowest BCUT2D eigenvalue weighted by atomic mass is 10.1. The Balaban J connectivity index is 1.90. The van der Waals surface area contributed by atoms with Crippen molar-refractivity contribution in [3.8, 4) is 5.69 Å². The quantitative estimate of drug-likeness (QED) is 0.682. The molecule has 0 saturated carbocycles. The largest absolute Gasteiger partial charge is 0.285 e. The molecule has 3 aromatic rings. The third kappa shape index (κ3) is 2.31. The molecular formula is C14H9FN4O. The summed E-state index contributed by atoms with van der Waals surface area (Å²) in [5.74, 6) is -0.824. The minimum Gasteiger partial charge on any atom is -0.285 e. The van der Waals surface area contributed by atoms with E-state index in [1.165, 1.54) is 29.1 Å². The highest BCUT2D eigenvalue weighted by molar-refractivity contribution is 6.06. The van der Waals surface area contributed by atoms with Crippen LogP contribution in [-0.4, -0.2) is 26.0 Å². The number of para-hydroxylation sites is 1. The zero-order valence-electron chi connectivity index (χ0n) is 10.3. The van der Waals surface area contributed by atoms with Gasteiger partial charge in [-0.25, -0.2) is 4.39 Å². The second-order valence-electron chi connectivity index (χ2n) is 4.07. The number of rotatable bonds is 3. The summed E-state index contributed by atoms with van der Waals surface area (Å²) in [5.41, 5.74) is 1.03. The Bertz CT molecular complexity index is 737. The van der Waals surface area contributed by atoms with E-state index in [1.807, 2.05) is 18.2 Å². The minimum absolute atomic E-state index is 0.0274. The van der Waals surface area contributed by atoms with Crippen LogP contribution in [0.1, 0.15) is 16.2 Å². The molecule has 0 fully saturated rings. The van der Waals surface area contributed by atoms with E-state index in [2.05, 4.69) is 15.4 Å². The van der Waals surface area contributed by atoms with Crippen molar-refractivity contribution >= 4 is 5.78 Å². The van der Waals surface area contributed by atoms with Gasteiger partial charge in [0.25, 0.3) is 0 Å². The number of benzene rings is 2. The molecule has 0 saturated heterocycles. The Hall–Kier alpha value is -2.89. The molecule has 98 valence electrons. The molecule has 0 aliphatic heterocycles. The minimum atomic E-state index is -0.401. The number of hydrogen-bond acceptors (Lipinski definition) is 4. The van der Waals surface area contributed by atoms with Gasteiger partial charge in [0.1, 0.15) is 5.82 Å². The molecule has 1 heterocycles. The second kappa shape index (κ2) is 5.00. The van der Waals surface area contributed by atoms with Crippen LogP contribution in [0.4, 0.5) is 4.39 Å². The van der Waals surface area contributed by atoms with Gasteiger partial charge in [-0.05, 0) is 41.6 Å². The van der Waals surface area contributed by atoms with Crippen LogP contribution < -0.4 is 0 Å². The smallest absolute Gasteiger partial charge is 0.245 e. The molecule has 20 heavy (non-hydrogen) atoms. The molecule has 3 rings (SSSR count). The van der Waals surface area contributed by atoms with Gasteiger partial charge in [0.15, 0.2) is 0 Å². The number of halogens is 1. The summed E-state index contributed by atoms with van der Waals surface area (Å²) in [6.45, 7) is 0. The third-order valence-electron chi connectivity index (χ3n) is 2.71. The van der Waals surface area contributed by atoms with Crippen molar-refractivity contribution in [2.75, 3.05) is 0 Å². The normalized spacial score (nSPS) is 10.4. The predicted octanol–water partition coefficient (Wildman–Crippen LogP) is 2.03. The van der Waals surface area contributed by atoms with E-state index in [0.717, 1.165) is 0 Å². The number of carbonyl (C=O) groups excluding carboxylic acids is 1. The molecule has 0 N–H and O–H groups in total. The highest BCUT2D eigenvalue weighted by Crippen LogP contribution is 2.08. The van der Waals surface area contributed by atoms with Crippen LogP contribution in [0.15, 0.2) is 54.6 Å². The monoisotopic (exact) mass is 268 g/mol. The Morgan fingerprint density at radius 2 is 1.70 bits per heavy atom. The number of aromatic nitrogens is 4. The van der Waals surface area contributed by atoms with E-state index in [-0.39, 0.29) is 5.82 Å². The summed E-state index contributed by atoms with van der Waals surface area (Å²) in [7, 11) is 0. The van der Waals surface area contributed by atoms with Gasteiger partial charge in [-0.3, -0.25) is 4.79 Å². The first kappa shape index (κ1) is 12.2. The van der Waals surface area contributed by atoms with Crippen molar-refractivity contribution < 1.29 is 9.18 Å². The molecule has 0 unspecified atom stereocenters. The van der Waals surface area contributed by atoms with Crippen LogP contribution in [0, 0.1) is 5.82 Å². The maximum absolute atomic E-state index is 12.8. The van der Waals surface area contributed by atoms with Crippen LogP contribution >= 0.6 is 0 Å². The van der Waals surface area contributed by atoms with Crippen molar-refractivity contribution in [3.05, 3.63) is 71.8 Å². The van der Waals surface area contributed by atoms with E-state index in [0.29, 0.717) is 11.3 Å². The van der Waals surface area contributed by atoms with Gasteiger partial charge in [-0.2, -0.15) is 0 Å². The Morgan fingerprint density at radius 3 is 2.40 bits per heavy atom. The molecule has 5 nitrogen and oxygen atoms in total. The molecule has 2 aromatic carbocycles. The molecule has 0 radical (unpaired) electrons. The van der Waals surface area contributed by atoms with Crippen LogP contribution in [0.2, 0.25) is 0 Å². The number of ketones is 1. The number of tetrazole rings is 1. The van der Waals surface area contributed by atoms with Crippen molar-refractivity contribution in [1.82, 2.24) is 20.2 Å². The molecule has 0 atom stereocenters. The summed E-state index contributed by atoms with van der Waals surface area (Å²) >= 11 is 0. The van der Waals surface area contributed by atoms with Gasteiger partial charge in [0, 0.05) is 5.56 Å². The summed E-state index contributed by atoms with van der Waals surface area (Å²) in [6, 6.07) is 14.3. The fourth-order valence-corrected chi connectivity index (χ4v) is 1.71. The fourth-order valence-electron chi connectivity index (χ4n) is 1.71. The maximum atomic E-state index is 12.8. The molecule has 0 aliphatic carbocycles. The first-order chi connectivity index (χ1) is 9.74. The summed E-state index contributed by atoms with van der Waals surface area (Å²) in [4.78, 5) is 13.4. The lowest BCUT2D eigenvalue weighted by Crippen LogP contribution is -2.05. The zero-order chi connectivity index (χ0) is 13.9. The fraction of sp³-hybridized carbons (Fsp3) is 0. The highest BCUT2D eigenvalue weighted by atomic mass is 19.1. The molecule has 0 bridgehead atoms. The Labute approximate surface area is 113 Å². The number of carbonyl (C=O) groups is 1. The first-order valence-electron chi connectivity index (χ1n) is 5.90. The van der Waals surface area contributed by atoms with E-state index >= 15 is 0 Å². The highest BCUT2D eigenvalue weighted by Gasteiger charge is 2.15. The van der Waals surface area contributed by atoms with Gasteiger partial charge in [0.2, 0.25) is 11.6 Å². The van der Waals surface area contributed by atoms with Gasteiger partial charge in [-0.15, -0.1) is 15.0 Å². The average molecular weight is 268 g/mol. The van der Waals surface area contributed by atoms with Crippen LogP contribution in [-0.2, 0) is 0 Å². The Morgan fingerprint density at radius 1 is 1.00 bits per heavy atom. The topological polar surface area (TPSA) is 60.7 Å². The molecular weight excluding hydrogens is 259 g/mol. The number of hydrogen-bond donors (Lipinski definition) is 0. The predicted molar refractivity (Wildman–Crippen MR) is 69.0 cm³/mol. The standard InChI is InChI=1S/C14H9FN4O/c15-11-8-6-10(7-9-11)13(20)14-16-18-19(17-14)12-4-2-1-3-5-12/h1-9H. The SMILES string of the molecule is O=C(c1ccc(F)cc1)c1nnn(-c2ccccc2)n1. The lowest BCUT2D eigenvalue weighted by molar-refractivity contribution is 0.102. The van der Waals surface area contributed by atoms with Crippen molar-refractivity contribution in [1.29, 1.82) is 0 Å². The van der Waals surface area contributed by atoms with Gasteiger partial charge in [0.05, 0.1) is 5.69 Å². The Kier molecular flexibility index (Phi) is 3.04. The summed E-state index contributed by atoms with van der Waals surface area (Å²) in [5, 5.41) is 11.6. The molecule has 0 amide bonds. The van der Waals surface area contributed by atoms with E-state index in [4.69, 9.17) is 0 Å². The van der Waals surface area contributed by atoms with Crippen LogP contribution in [0.5, 0.6) is 0 Å². The molecule has 1 aromatic heterocycles. The van der Waals surface area contributed by atoms with E-state index in [1.54, 1.807) is 12.1 Å². The molecule has 0 spiro atoms. The van der Waals surface area contributed by atoms with Crippen molar-refractivity contribution in [3.63, 3.8) is 0 Å².